The van der Waals surface area contributed by atoms with E-state index in [4.69, 9.17) is 33.2 Å². The van der Waals surface area contributed by atoms with Gasteiger partial charge in [-0.05, 0) is 0 Å². The van der Waals surface area contributed by atoms with Gasteiger partial charge in [0.05, 0.1) is 26.4 Å². The second-order valence-electron chi connectivity index (χ2n) is 11.9. The minimum atomic E-state index is -1.97. The Morgan fingerprint density at radius 3 is 1.67 bits per heavy atom. The first-order valence-corrected chi connectivity index (χ1v) is 15.1. The smallest absolute Gasteiger partial charge is 0.217 e. The molecule has 4 saturated heterocycles. The van der Waals surface area contributed by atoms with Crippen LogP contribution in [0.1, 0.15) is 6.92 Å². The van der Waals surface area contributed by atoms with Gasteiger partial charge in [0.25, 0.3) is 0 Å². The fraction of sp³-hybridized carbons (Fsp3) is 0.962. The molecule has 0 bridgehead atoms. The normalized spacial score (nSPS) is 50.2. The first-order valence-electron chi connectivity index (χ1n) is 15.1. The fourth-order valence-corrected chi connectivity index (χ4v) is 5.84. The Hall–Kier alpha value is -1.33. The third kappa shape index (κ3) is 8.24. The molecule has 4 fully saturated rings. The van der Waals surface area contributed by atoms with Crippen LogP contribution in [0.3, 0.4) is 0 Å². The van der Waals surface area contributed by atoms with E-state index in [0.717, 1.165) is 6.92 Å². The molecule has 0 unspecified atom stereocenters. The molecule has 22 nitrogen and oxygen atoms in total. The number of carbonyl (C=O) groups is 1. The maximum atomic E-state index is 11.7. The zero-order valence-electron chi connectivity index (χ0n) is 25.5. The van der Waals surface area contributed by atoms with Crippen LogP contribution < -0.4 is 5.32 Å². The maximum absolute atomic E-state index is 11.7. The summed E-state index contributed by atoms with van der Waals surface area (Å²) in [6.45, 7) is -2.05. The van der Waals surface area contributed by atoms with Crippen LogP contribution in [0, 0.1) is 0 Å². The van der Waals surface area contributed by atoms with Gasteiger partial charge in [0, 0.05) is 6.92 Å². The first-order chi connectivity index (χ1) is 22.6. The van der Waals surface area contributed by atoms with E-state index in [-0.39, 0.29) is 0 Å². The van der Waals surface area contributed by atoms with Gasteiger partial charge in [0.2, 0.25) is 5.91 Å². The summed E-state index contributed by atoms with van der Waals surface area (Å²) in [7, 11) is 0. The van der Waals surface area contributed by atoms with Gasteiger partial charge < -0.3 is 105 Å². The van der Waals surface area contributed by atoms with Crippen LogP contribution in [-0.4, -0.2) is 221 Å². The summed E-state index contributed by atoms with van der Waals surface area (Å²) < 4.78 is 38.0. The lowest BCUT2D eigenvalue weighted by atomic mass is 9.95. The van der Waals surface area contributed by atoms with Crippen molar-refractivity contribution in [2.75, 3.05) is 26.4 Å². The van der Waals surface area contributed by atoms with Crippen molar-refractivity contribution in [1.82, 2.24) is 5.32 Å². The van der Waals surface area contributed by atoms with E-state index in [1.807, 2.05) is 0 Å². The van der Waals surface area contributed by atoms with Gasteiger partial charge in [-0.2, -0.15) is 0 Å². The van der Waals surface area contributed by atoms with Crippen LogP contribution in [0.2, 0.25) is 0 Å². The number of hydrogen-bond donors (Lipinski definition) is 14. The van der Waals surface area contributed by atoms with E-state index >= 15 is 0 Å². The van der Waals surface area contributed by atoms with Crippen LogP contribution >= 0.6 is 0 Å². The summed E-state index contributed by atoms with van der Waals surface area (Å²) in [6.07, 6.45) is -33.0. The van der Waals surface area contributed by atoms with Crippen molar-refractivity contribution < 1.29 is 104 Å². The molecule has 4 aliphatic rings. The van der Waals surface area contributed by atoms with Crippen LogP contribution in [0.25, 0.3) is 0 Å². The fourth-order valence-electron chi connectivity index (χ4n) is 5.84. The van der Waals surface area contributed by atoms with Crippen molar-refractivity contribution in [1.29, 1.82) is 0 Å². The van der Waals surface area contributed by atoms with Gasteiger partial charge in [-0.1, -0.05) is 0 Å². The van der Waals surface area contributed by atoms with E-state index in [2.05, 4.69) is 5.32 Å². The number of aliphatic hydroxyl groups is 13. The molecular weight excluding hydrogens is 662 g/mol. The summed E-state index contributed by atoms with van der Waals surface area (Å²) in [5.74, 6) is -0.664. The Bertz CT molecular complexity index is 1030. The van der Waals surface area contributed by atoms with E-state index in [1.165, 1.54) is 0 Å². The highest BCUT2D eigenvalue weighted by atomic mass is 16.8. The quantitative estimate of drug-likeness (QED) is 0.0947. The molecule has 4 aliphatic heterocycles. The van der Waals surface area contributed by atoms with Crippen LogP contribution in [-0.2, 0) is 38.0 Å². The Balaban J connectivity index is 1.42. The molecule has 280 valence electrons. The molecule has 4 rings (SSSR count). The minimum absolute atomic E-state index is 0.664. The first kappa shape index (κ1) is 39.5. The maximum Gasteiger partial charge on any atom is 0.217 e. The number of rotatable bonds is 11. The number of amides is 1. The van der Waals surface area contributed by atoms with Crippen molar-refractivity contribution >= 4 is 5.91 Å². The van der Waals surface area contributed by atoms with E-state index in [9.17, 15) is 71.2 Å². The predicted octanol–water partition coefficient (Wildman–Crippen LogP) is -9.61. The summed E-state index contributed by atoms with van der Waals surface area (Å²) >= 11 is 0. The molecule has 0 aromatic rings. The van der Waals surface area contributed by atoms with Gasteiger partial charge >= 0.3 is 0 Å². The molecule has 0 aromatic heterocycles. The molecule has 22 heteroatoms. The molecule has 0 saturated carbocycles. The number of ether oxygens (including phenoxy) is 7. The second-order valence-corrected chi connectivity index (χ2v) is 11.9. The Morgan fingerprint density at radius 2 is 1.06 bits per heavy atom. The minimum Gasteiger partial charge on any atom is -0.394 e. The topological polar surface area (TPSA) is 357 Å². The Kier molecular flexibility index (Phi) is 13.8. The van der Waals surface area contributed by atoms with Gasteiger partial charge in [-0.25, -0.2) is 0 Å². The van der Waals surface area contributed by atoms with E-state index in [1.54, 1.807) is 0 Å². The molecular formula is C26H45NO21. The molecule has 1 amide bonds. The van der Waals surface area contributed by atoms with Gasteiger partial charge in [0.1, 0.15) is 97.6 Å². The number of aliphatic hydroxyl groups excluding tert-OH is 13. The SMILES string of the molecule is CC(=O)N[C@H]1[C@@H](O[C@@H]2[C@H](O)[C@@H](O)[C@@H](OC[C@H]3O[C@H](O[C@@H]4[C@@H](O)[C@@H](O)O[C@H](CO)[C@@H]4O)[C@H](O)[C@@H](O)[C@H]3O)O[C@@H]2CO)O[C@H](CO)[C@H](O)[C@@H]1O. The number of hydrogen-bond acceptors (Lipinski definition) is 21. The van der Waals surface area contributed by atoms with Gasteiger partial charge in [-0.15, -0.1) is 0 Å². The lowest BCUT2D eigenvalue weighted by molar-refractivity contribution is -0.367. The Morgan fingerprint density at radius 1 is 0.542 bits per heavy atom. The molecule has 14 N–H and O–H groups in total. The molecule has 0 aliphatic carbocycles. The lowest BCUT2D eigenvalue weighted by Crippen LogP contribution is -2.68. The van der Waals surface area contributed by atoms with Crippen LogP contribution in [0.15, 0.2) is 0 Å². The number of carbonyl (C=O) groups excluding carboxylic acids is 1. The highest BCUT2D eigenvalue weighted by Gasteiger charge is 2.53. The lowest BCUT2D eigenvalue weighted by Gasteiger charge is -2.47. The molecule has 48 heavy (non-hydrogen) atoms. The third-order valence-electron chi connectivity index (χ3n) is 8.59. The van der Waals surface area contributed by atoms with Crippen molar-refractivity contribution in [3.05, 3.63) is 0 Å². The van der Waals surface area contributed by atoms with Crippen LogP contribution in [0.4, 0.5) is 0 Å². The van der Waals surface area contributed by atoms with Crippen molar-refractivity contribution in [2.45, 2.75) is 130 Å². The van der Waals surface area contributed by atoms with Crippen molar-refractivity contribution in [2.24, 2.45) is 0 Å². The van der Waals surface area contributed by atoms with Crippen LogP contribution in [0.5, 0.6) is 0 Å². The van der Waals surface area contributed by atoms with Gasteiger partial charge in [0.15, 0.2) is 25.2 Å². The van der Waals surface area contributed by atoms with E-state index < -0.39 is 155 Å². The average Bonchev–Trinajstić information content (AvgIpc) is 3.06. The molecule has 0 aromatic carbocycles. The number of nitrogens with one attached hydrogen (secondary N) is 1. The molecule has 0 radical (unpaired) electrons. The van der Waals surface area contributed by atoms with Crippen molar-refractivity contribution in [3.63, 3.8) is 0 Å². The van der Waals surface area contributed by atoms with E-state index in [0.29, 0.717) is 0 Å². The largest absolute Gasteiger partial charge is 0.394 e. The summed E-state index contributed by atoms with van der Waals surface area (Å²) in [5.41, 5.74) is 0. The summed E-state index contributed by atoms with van der Waals surface area (Å²) in [4.78, 5) is 11.7. The highest BCUT2D eigenvalue weighted by Crippen LogP contribution is 2.32. The molecule has 0 spiro atoms. The molecule has 20 atom stereocenters. The molecule has 4 heterocycles. The zero-order valence-corrected chi connectivity index (χ0v) is 25.5. The summed E-state index contributed by atoms with van der Waals surface area (Å²) in [6, 6.07) is -1.43. The predicted molar refractivity (Wildman–Crippen MR) is 145 cm³/mol. The summed E-state index contributed by atoms with van der Waals surface area (Å²) in [5, 5.41) is 136. The Labute approximate surface area is 272 Å². The highest BCUT2D eigenvalue weighted by molar-refractivity contribution is 5.73. The van der Waals surface area contributed by atoms with Gasteiger partial charge in [-0.3, -0.25) is 4.79 Å². The zero-order chi connectivity index (χ0) is 35.6. The van der Waals surface area contributed by atoms with Crippen molar-refractivity contribution in [3.8, 4) is 0 Å². The average molecular weight is 708 g/mol. The second kappa shape index (κ2) is 16.8. The monoisotopic (exact) mass is 707 g/mol. The standard InChI is InChI=1S/C26H45NO21/c1-6(31)27-11-15(35)12(32)7(2-28)44-24(11)47-21-9(4-30)45-25(19(39)17(21)37)42-5-10-13(33)16(36)18(38)26(46-10)48-22-14(34)8(3-29)43-23(41)20(22)40/h7-26,28-30,32-41H,2-5H2,1H3,(H,27,31)/t7-,8-,9-,10-,11-,12+,13+,14+,15-,16+,17-,18-,19-,20-,21+,22+,23+,24-,25+,26-/m1/s1. The third-order valence-corrected chi connectivity index (χ3v) is 8.59.